The molecule has 138 valence electrons. The van der Waals surface area contributed by atoms with Crippen molar-refractivity contribution in [1.82, 2.24) is 9.55 Å². The summed E-state index contributed by atoms with van der Waals surface area (Å²) in [4.78, 5) is 17.0. The number of ether oxygens (including phenoxy) is 2. The van der Waals surface area contributed by atoms with E-state index in [0.717, 1.165) is 16.9 Å². The van der Waals surface area contributed by atoms with Crippen molar-refractivity contribution in [2.24, 2.45) is 0 Å². The molecule has 2 aromatic carbocycles. The van der Waals surface area contributed by atoms with Crippen LogP contribution in [-0.4, -0.2) is 29.7 Å². The summed E-state index contributed by atoms with van der Waals surface area (Å²) in [5.41, 5.74) is 2.59. The molecule has 27 heavy (non-hydrogen) atoms. The van der Waals surface area contributed by atoms with Gasteiger partial charge in [0.25, 0.3) is 0 Å². The first-order chi connectivity index (χ1) is 13.1. The quantitative estimate of drug-likeness (QED) is 0.739. The van der Waals surface area contributed by atoms with E-state index in [0.29, 0.717) is 28.8 Å². The van der Waals surface area contributed by atoms with Crippen molar-refractivity contribution in [3.05, 3.63) is 65.1 Å². The highest BCUT2D eigenvalue weighted by Crippen LogP contribution is 2.40. The largest absolute Gasteiger partial charge is 0.493 e. The molecule has 0 radical (unpaired) electrons. The summed E-state index contributed by atoms with van der Waals surface area (Å²) >= 11 is 6.11. The standard InChI is InChI=1S/C20H18ClN3O3/c1-26-16-7-6-12(8-17(16)27-2)15-10-18(25)23-20-19(15)22-11-24(20)14-5-3-4-13(21)9-14/h3-9,11,15H,10H2,1-2H3,(H,23,25)/t15-/m0/s1. The van der Waals surface area contributed by atoms with E-state index in [9.17, 15) is 4.79 Å². The fraction of sp³-hybridized carbons (Fsp3) is 0.200. The second-order valence-electron chi connectivity index (χ2n) is 6.25. The molecular formula is C20H18ClN3O3. The van der Waals surface area contributed by atoms with Crippen molar-refractivity contribution >= 4 is 23.3 Å². The third kappa shape index (κ3) is 3.13. The molecule has 0 unspecified atom stereocenters. The topological polar surface area (TPSA) is 65.4 Å². The number of fused-ring (bicyclic) bond motifs is 1. The number of benzene rings is 2. The highest BCUT2D eigenvalue weighted by Gasteiger charge is 2.31. The van der Waals surface area contributed by atoms with Gasteiger partial charge in [-0.1, -0.05) is 23.7 Å². The van der Waals surface area contributed by atoms with Crippen molar-refractivity contribution in [3.8, 4) is 17.2 Å². The molecule has 0 bridgehead atoms. The van der Waals surface area contributed by atoms with E-state index < -0.39 is 0 Å². The molecule has 2 heterocycles. The maximum Gasteiger partial charge on any atom is 0.226 e. The van der Waals surface area contributed by atoms with Crippen LogP contribution < -0.4 is 14.8 Å². The van der Waals surface area contributed by atoms with Gasteiger partial charge in [-0.05, 0) is 35.9 Å². The lowest BCUT2D eigenvalue weighted by Gasteiger charge is -2.24. The minimum atomic E-state index is -0.172. The fourth-order valence-electron chi connectivity index (χ4n) is 3.37. The lowest BCUT2D eigenvalue weighted by Crippen LogP contribution is -2.25. The number of carbonyl (C=O) groups excluding carboxylic acids is 1. The van der Waals surface area contributed by atoms with Crippen LogP contribution in [0.1, 0.15) is 23.6 Å². The molecule has 6 nitrogen and oxygen atoms in total. The molecule has 3 aromatic rings. The van der Waals surface area contributed by atoms with Gasteiger partial charge in [0.15, 0.2) is 11.5 Å². The number of hydrogen-bond donors (Lipinski definition) is 1. The number of halogens is 1. The molecule has 1 aliphatic rings. The molecule has 1 aliphatic heterocycles. The first-order valence-electron chi connectivity index (χ1n) is 8.45. The maximum absolute atomic E-state index is 12.4. The normalized spacial score (nSPS) is 15.8. The summed E-state index contributed by atoms with van der Waals surface area (Å²) in [6, 6.07) is 13.1. The van der Waals surface area contributed by atoms with Gasteiger partial charge in [-0.15, -0.1) is 0 Å². The molecule has 1 amide bonds. The molecule has 0 aliphatic carbocycles. The average Bonchev–Trinajstić information content (AvgIpc) is 3.10. The minimum Gasteiger partial charge on any atom is -0.493 e. The van der Waals surface area contributed by atoms with Crippen molar-refractivity contribution in [2.75, 3.05) is 19.5 Å². The van der Waals surface area contributed by atoms with Crippen molar-refractivity contribution < 1.29 is 14.3 Å². The summed E-state index contributed by atoms with van der Waals surface area (Å²) in [6.45, 7) is 0. The Kier molecular flexibility index (Phi) is 4.49. The van der Waals surface area contributed by atoms with Crippen LogP contribution in [0.5, 0.6) is 11.5 Å². The predicted molar refractivity (Wildman–Crippen MR) is 103 cm³/mol. The zero-order chi connectivity index (χ0) is 19.0. The maximum atomic E-state index is 12.4. The van der Waals surface area contributed by atoms with Gasteiger partial charge in [0.05, 0.1) is 19.9 Å². The number of nitrogens with zero attached hydrogens (tertiary/aromatic N) is 2. The van der Waals surface area contributed by atoms with E-state index >= 15 is 0 Å². The fourth-order valence-corrected chi connectivity index (χ4v) is 3.56. The van der Waals surface area contributed by atoms with Gasteiger partial charge < -0.3 is 14.8 Å². The molecule has 1 atom stereocenters. The molecule has 4 rings (SSSR count). The number of methoxy groups -OCH3 is 2. The number of hydrogen-bond acceptors (Lipinski definition) is 4. The molecule has 0 spiro atoms. The summed E-state index contributed by atoms with van der Waals surface area (Å²) in [5.74, 6) is 1.69. The third-order valence-electron chi connectivity index (χ3n) is 4.67. The number of imidazole rings is 1. The Hall–Kier alpha value is -2.99. The van der Waals surface area contributed by atoms with E-state index in [1.54, 1.807) is 26.6 Å². The Morgan fingerprint density at radius 2 is 1.96 bits per heavy atom. The smallest absolute Gasteiger partial charge is 0.226 e. The lowest BCUT2D eigenvalue weighted by molar-refractivity contribution is -0.116. The van der Waals surface area contributed by atoms with Crippen LogP contribution in [0, 0.1) is 0 Å². The molecule has 7 heteroatoms. The van der Waals surface area contributed by atoms with Crippen molar-refractivity contribution in [3.63, 3.8) is 0 Å². The summed E-state index contributed by atoms with van der Waals surface area (Å²) in [7, 11) is 3.19. The molecule has 0 saturated carbocycles. The molecule has 0 saturated heterocycles. The first-order valence-corrected chi connectivity index (χ1v) is 8.83. The Bertz CT molecular complexity index is 1020. The predicted octanol–water partition coefficient (Wildman–Crippen LogP) is 4.02. The molecule has 1 N–H and O–H groups in total. The zero-order valence-corrected chi connectivity index (χ0v) is 15.7. The van der Waals surface area contributed by atoms with E-state index in [2.05, 4.69) is 10.3 Å². The number of carbonyl (C=O) groups is 1. The van der Waals surface area contributed by atoms with Crippen molar-refractivity contribution in [1.29, 1.82) is 0 Å². The summed E-state index contributed by atoms with van der Waals surface area (Å²) in [5, 5.41) is 3.56. The van der Waals surface area contributed by atoms with Crippen molar-refractivity contribution in [2.45, 2.75) is 12.3 Å². The second-order valence-corrected chi connectivity index (χ2v) is 6.68. The van der Waals surface area contributed by atoms with Gasteiger partial charge in [0, 0.05) is 23.0 Å². The SMILES string of the molecule is COc1ccc([C@@H]2CC(=O)Nc3c2ncn3-c2cccc(Cl)c2)cc1OC. The Morgan fingerprint density at radius 1 is 1.15 bits per heavy atom. The van der Waals surface area contributed by atoms with Crippen LogP contribution in [-0.2, 0) is 4.79 Å². The van der Waals surface area contributed by atoms with Gasteiger partial charge in [-0.25, -0.2) is 4.98 Å². The van der Waals surface area contributed by atoms with Gasteiger partial charge in [0.1, 0.15) is 12.1 Å². The minimum absolute atomic E-state index is 0.0638. The Labute approximate surface area is 161 Å². The summed E-state index contributed by atoms with van der Waals surface area (Å²) in [6.07, 6.45) is 2.02. The van der Waals surface area contributed by atoms with Crippen LogP contribution in [0.4, 0.5) is 5.82 Å². The highest BCUT2D eigenvalue weighted by atomic mass is 35.5. The molecule has 0 fully saturated rings. The highest BCUT2D eigenvalue weighted by molar-refractivity contribution is 6.30. The van der Waals surface area contributed by atoms with Gasteiger partial charge in [-0.3, -0.25) is 9.36 Å². The second kappa shape index (κ2) is 6.96. The Balaban J connectivity index is 1.80. The number of anilines is 1. The number of aromatic nitrogens is 2. The zero-order valence-electron chi connectivity index (χ0n) is 14.9. The van der Waals surface area contributed by atoms with Crippen LogP contribution >= 0.6 is 11.6 Å². The van der Waals surface area contributed by atoms with Gasteiger partial charge >= 0.3 is 0 Å². The monoisotopic (exact) mass is 383 g/mol. The van der Waals surface area contributed by atoms with E-state index in [1.807, 2.05) is 41.0 Å². The summed E-state index contributed by atoms with van der Waals surface area (Å²) < 4.78 is 12.5. The van der Waals surface area contributed by atoms with Crippen LogP contribution in [0.15, 0.2) is 48.8 Å². The molecular weight excluding hydrogens is 366 g/mol. The van der Waals surface area contributed by atoms with Gasteiger partial charge in [-0.2, -0.15) is 0 Å². The van der Waals surface area contributed by atoms with Crippen LogP contribution in [0.25, 0.3) is 5.69 Å². The van der Waals surface area contributed by atoms with E-state index in [1.165, 1.54) is 0 Å². The molecule has 1 aromatic heterocycles. The average molecular weight is 384 g/mol. The number of amides is 1. The number of rotatable bonds is 4. The van der Waals surface area contributed by atoms with E-state index in [-0.39, 0.29) is 11.8 Å². The Morgan fingerprint density at radius 3 is 2.70 bits per heavy atom. The lowest BCUT2D eigenvalue weighted by atomic mass is 9.89. The van der Waals surface area contributed by atoms with Crippen LogP contribution in [0.3, 0.4) is 0 Å². The first kappa shape index (κ1) is 17.4. The van der Waals surface area contributed by atoms with Gasteiger partial charge in [0.2, 0.25) is 5.91 Å². The third-order valence-corrected chi connectivity index (χ3v) is 4.90. The van der Waals surface area contributed by atoms with E-state index in [4.69, 9.17) is 21.1 Å². The number of nitrogens with one attached hydrogen (secondary N) is 1. The van der Waals surface area contributed by atoms with Crippen LogP contribution in [0.2, 0.25) is 5.02 Å².